The number of unbranched alkanes of at least 4 members (excludes halogenated alkanes) is 2. The van der Waals surface area contributed by atoms with Crippen LogP contribution in [0.3, 0.4) is 0 Å². The number of methoxy groups -OCH3 is 1. The molecule has 0 aromatic heterocycles. The molecule has 0 spiro atoms. The highest BCUT2D eigenvalue weighted by Gasteiger charge is 2.14. The number of aryl methyl sites for hydroxylation is 1. The van der Waals surface area contributed by atoms with Gasteiger partial charge in [-0.05, 0) is 37.5 Å². The molecule has 0 aliphatic rings. The summed E-state index contributed by atoms with van der Waals surface area (Å²) < 4.78 is 9.52. The molecular weight excluding hydrogens is 316 g/mol. The third-order valence-electron chi connectivity index (χ3n) is 3.17. The average molecular weight is 340 g/mol. The van der Waals surface area contributed by atoms with Crippen molar-refractivity contribution < 1.29 is 33.9 Å². The molecule has 0 aliphatic carbocycles. The first-order valence-corrected chi connectivity index (χ1v) is 7.90. The maximum Gasteiger partial charge on any atom is 0.543 e. The van der Waals surface area contributed by atoms with Crippen LogP contribution < -0.4 is 0 Å². The van der Waals surface area contributed by atoms with Crippen LogP contribution in [0.2, 0.25) is 0 Å². The van der Waals surface area contributed by atoms with Gasteiger partial charge in [0.25, 0.3) is 0 Å². The molecule has 1 aromatic carbocycles. The minimum absolute atomic E-state index is 0.208. The number of hydrogen-bond acceptors (Lipinski definition) is 7. The SMILES string of the molecule is CCCCCc1ccc(C(=O)OOOC(=O)OC(C)COC)cc1. The van der Waals surface area contributed by atoms with Gasteiger partial charge in [0.05, 0.1) is 17.2 Å². The summed E-state index contributed by atoms with van der Waals surface area (Å²) in [4.78, 5) is 31.5. The Morgan fingerprint density at radius 3 is 2.42 bits per heavy atom. The Kier molecular flexibility index (Phi) is 9.48. The van der Waals surface area contributed by atoms with Crippen LogP contribution in [0.1, 0.15) is 49.0 Å². The summed E-state index contributed by atoms with van der Waals surface area (Å²) in [7, 11) is 1.47. The lowest BCUT2D eigenvalue weighted by Crippen LogP contribution is -2.21. The van der Waals surface area contributed by atoms with Crippen LogP contribution in [0.4, 0.5) is 4.79 Å². The second kappa shape index (κ2) is 11.4. The second-order valence-corrected chi connectivity index (χ2v) is 5.31. The Morgan fingerprint density at radius 1 is 1.08 bits per heavy atom. The van der Waals surface area contributed by atoms with Crippen molar-refractivity contribution in [3.63, 3.8) is 0 Å². The van der Waals surface area contributed by atoms with E-state index < -0.39 is 18.2 Å². The topological polar surface area (TPSA) is 80.3 Å². The highest BCUT2D eigenvalue weighted by atomic mass is 17.5. The van der Waals surface area contributed by atoms with Crippen molar-refractivity contribution in [1.29, 1.82) is 0 Å². The average Bonchev–Trinajstić information content (AvgIpc) is 2.55. The number of rotatable bonds is 10. The predicted molar refractivity (Wildman–Crippen MR) is 85.1 cm³/mol. The summed E-state index contributed by atoms with van der Waals surface area (Å²) in [5.41, 5.74) is 1.44. The molecule has 0 amide bonds. The molecule has 1 rings (SSSR count). The van der Waals surface area contributed by atoms with Gasteiger partial charge in [-0.1, -0.05) is 31.9 Å². The van der Waals surface area contributed by atoms with Crippen LogP contribution in [0.15, 0.2) is 24.3 Å². The van der Waals surface area contributed by atoms with Crippen molar-refractivity contribution in [3.8, 4) is 0 Å². The molecule has 1 atom stereocenters. The standard InChI is InChI=1S/C17H24O7/c1-4-5-6-7-14-8-10-15(11-9-14)16(18)22-24-23-17(19)21-13(2)12-20-3/h8-11,13H,4-7,12H2,1-3H3. The summed E-state index contributed by atoms with van der Waals surface area (Å²) in [5, 5.41) is 4.14. The Hall–Kier alpha value is -2.12. The van der Waals surface area contributed by atoms with E-state index in [0.717, 1.165) is 24.8 Å². The number of carbonyl (C=O) groups is 2. The number of benzene rings is 1. The molecule has 0 heterocycles. The largest absolute Gasteiger partial charge is 0.543 e. The lowest BCUT2D eigenvalue weighted by molar-refractivity contribution is -0.453. The lowest BCUT2D eigenvalue weighted by atomic mass is 10.1. The van der Waals surface area contributed by atoms with Crippen molar-refractivity contribution >= 4 is 12.1 Å². The molecule has 0 saturated heterocycles. The summed E-state index contributed by atoms with van der Waals surface area (Å²) in [6, 6.07) is 6.97. The zero-order valence-corrected chi connectivity index (χ0v) is 14.3. The lowest BCUT2D eigenvalue weighted by Gasteiger charge is -2.10. The van der Waals surface area contributed by atoms with Crippen molar-refractivity contribution in [2.24, 2.45) is 0 Å². The van der Waals surface area contributed by atoms with E-state index in [1.165, 1.54) is 13.5 Å². The highest BCUT2D eigenvalue weighted by Crippen LogP contribution is 2.10. The number of hydrogen-bond donors (Lipinski definition) is 0. The maximum absolute atomic E-state index is 11.7. The van der Waals surface area contributed by atoms with E-state index in [0.29, 0.717) is 5.56 Å². The zero-order valence-electron chi connectivity index (χ0n) is 14.3. The van der Waals surface area contributed by atoms with Crippen LogP contribution in [0, 0.1) is 0 Å². The molecule has 0 fully saturated rings. The van der Waals surface area contributed by atoms with Crippen molar-refractivity contribution in [1.82, 2.24) is 0 Å². The summed E-state index contributed by atoms with van der Waals surface area (Å²) in [6.45, 7) is 3.97. The van der Waals surface area contributed by atoms with E-state index in [2.05, 4.69) is 21.7 Å². The van der Waals surface area contributed by atoms with E-state index in [1.807, 2.05) is 12.1 Å². The second-order valence-electron chi connectivity index (χ2n) is 5.31. The van der Waals surface area contributed by atoms with Gasteiger partial charge in [-0.25, -0.2) is 14.5 Å². The first-order valence-electron chi connectivity index (χ1n) is 7.90. The normalized spacial score (nSPS) is 11.6. The van der Waals surface area contributed by atoms with Gasteiger partial charge in [0.2, 0.25) is 0 Å². The molecular formula is C17H24O7. The molecule has 7 heteroatoms. The molecule has 0 radical (unpaired) electrons. The maximum atomic E-state index is 11.7. The first kappa shape index (κ1) is 19.9. The molecule has 134 valence electrons. The fourth-order valence-electron chi connectivity index (χ4n) is 1.96. The minimum Gasteiger partial charge on any atom is -0.427 e. The quantitative estimate of drug-likeness (QED) is 0.278. The zero-order chi connectivity index (χ0) is 17.8. The van der Waals surface area contributed by atoms with Gasteiger partial charge in [-0.3, -0.25) is 4.89 Å². The minimum atomic E-state index is -1.13. The smallest absolute Gasteiger partial charge is 0.427 e. The third-order valence-corrected chi connectivity index (χ3v) is 3.17. The van der Waals surface area contributed by atoms with Crippen LogP contribution in [-0.4, -0.2) is 31.9 Å². The molecule has 0 bridgehead atoms. The van der Waals surface area contributed by atoms with Crippen molar-refractivity contribution in [2.75, 3.05) is 13.7 Å². The molecule has 0 N–H and O–H groups in total. The molecule has 1 aromatic rings. The van der Waals surface area contributed by atoms with Gasteiger partial charge in [-0.2, -0.15) is 0 Å². The van der Waals surface area contributed by atoms with E-state index in [9.17, 15) is 9.59 Å². The summed E-state index contributed by atoms with van der Waals surface area (Å²) in [5.74, 6) is -0.771. The van der Waals surface area contributed by atoms with Crippen molar-refractivity contribution in [3.05, 3.63) is 35.4 Å². The van der Waals surface area contributed by atoms with Gasteiger partial charge < -0.3 is 9.47 Å². The first-order chi connectivity index (χ1) is 11.6. The summed E-state index contributed by atoms with van der Waals surface area (Å²) >= 11 is 0. The summed E-state index contributed by atoms with van der Waals surface area (Å²) in [6.07, 6.45) is 2.78. The van der Waals surface area contributed by atoms with Crippen molar-refractivity contribution in [2.45, 2.75) is 45.6 Å². The Balaban J connectivity index is 2.31. The molecule has 24 heavy (non-hydrogen) atoms. The van der Waals surface area contributed by atoms with Gasteiger partial charge in [0.1, 0.15) is 6.10 Å². The molecule has 0 saturated carbocycles. The van der Waals surface area contributed by atoms with Gasteiger partial charge in [0, 0.05) is 7.11 Å². The van der Waals surface area contributed by atoms with Crippen LogP contribution in [-0.2, 0) is 30.7 Å². The monoisotopic (exact) mass is 340 g/mol. The molecule has 0 aliphatic heterocycles. The van der Waals surface area contributed by atoms with Gasteiger partial charge in [0.15, 0.2) is 0 Å². The fourth-order valence-corrected chi connectivity index (χ4v) is 1.96. The highest BCUT2D eigenvalue weighted by molar-refractivity contribution is 5.88. The predicted octanol–water partition coefficient (Wildman–Crippen LogP) is 3.61. The third kappa shape index (κ3) is 7.94. The van der Waals surface area contributed by atoms with E-state index >= 15 is 0 Å². The van der Waals surface area contributed by atoms with E-state index in [-0.39, 0.29) is 6.61 Å². The van der Waals surface area contributed by atoms with E-state index in [1.54, 1.807) is 19.1 Å². The van der Waals surface area contributed by atoms with Gasteiger partial charge in [-0.15, -0.1) is 0 Å². The fraction of sp³-hybridized carbons (Fsp3) is 0.529. The van der Waals surface area contributed by atoms with Gasteiger partial charge >= 0.3 is 12.1 Å². The van der Waals surface area contributed by atoms with E-state index in [4.69, 9.17) is 9.47 Å². The number of carbonyl (C=O) groups excluding carboxylic acids is 2. The molecule has 7 nitrogen and oxygen atoms in total. The van der Waals surface area contributed by atoms with Crippen LogP contribution in [0.5, 0.6) is 0 Å². The Bertz CT molecular complexity index is 498. The Labute approximate surface area is 141 Å². The molecule has 1 unspecified atom stereocenters. The van der Waals surface area contributed by atoms with Crippen LogP contribution >= 0.6 is 0 Å². The number of ether oxygens (including phenoxy) is 2. The Morgan fingerprint density at radius 2 is 1.79 bits per heavy atom. The van der Waals surface area contributed by atoms with Crippen LogP contribution in [0.25, 0.3) is 0 Å².